The lowest BCUT2D eigenvalue weighted by molar-refractivity contribution is 0.669. The van der Waals surface area contributed by atoms with Gasteiger partial charge in [0.25, 0.3) is 0 Å². The quantitative estimate of drug-likeness (QED) is 0.199. The van der Waals surface area contributed by atoms with Gasteiger partial charge in [-0.25, -0.2) is 0 Å². The van der Waals surface area contributed by atoms with E-state index >= 15 is 0 Å². The van der Waals surface area contributed by atoms with Crippen LogP contribution >= 0.6 is 0 Å². The maximum Gasteiger partial charge on any atom is 0.138 e. The Morgan fingerprint density at radius 3 is 1.63 bits per heavy atom. The van der Waals surface area contributed by atoms with Gasteiger partial charge < -0.3 is 9.32 Å². The van der Waals surface area contributed by atoms with E-state index in [0.717, 1.165) is 39.0 Å². The summed E-state index contributed by atoms with van der Waals surface area (Å²) >= 11 is 0. The Balaban J connectivity index is 1.23. The van der Waals surface area contributed by atoms with Gasteiger partial charge >= 0.3 is 0 Å². The van der Waals surface area contributed by atoms with Crippen LogP contribution in [0.1, 0.15) is 0 Å². The van der Waals surface area contributed by atoms with Crippen molar-refractivity contribution in [2.24, 2.45) is 0 Å². The highest BCUT2D eigenvalue weighted by Crippen LogP contribution is 2.45. The number of rotatable bonds is 5. The van der Waals surface area contributed by atoms with Crippen molar-refractivity contribution in [3.05, 3.63) is 176 Å². The molecule has 8 aromatic carbocycles. The fourth-order valence-corrected chi connectivity index (χ4v) is 6.79. The Morgan fingerprint density at radius 2 is 0.891 bits per heavy atom. The van der Waals surface area contributed by atoms with Gasteiger partial charge in [-0.05, 0) is 74.8 Å². The number of hydrogen-bond donors (Lipinski definition) is 0. The molecule has 1 heterocycles. The molecule has 9 rings (SSSR count). The second-order valence-corrected chi connectivity index (χ2v) is 11.8. The van der Waals surface area contributed by atoms with Crippen molar-refractivity contribution in [1.29, 1.82) is 0 Å². The van der Waals surface area contributed by atoms with Gasteiger partial charge in [0, 0.05) is 33.6 Å². The fraction of sp³-hybridized carbons (Fsp3) is 0. The van der Waals surface area contributed by atoms with E-state index in [1.54, 1.807) is 0 Å². The van der Waals surface area contributed by atoms with Crippen molar-refractivity contribution in [3.63, 3.8) is 0 Å². The van der Waals surface area contributed by atoms with Gasteiger partial charge in [0.1, 0.15) is 11.2 Å². The number of para-hydroxylation sites is 1. The van der Waals surface area contributed by atoms with Gasteiger partial charge in [-0.1, -0.05) is 133 Å². The van der Waals surface area contributed by atoms with Gasteiger partial charge in [0.2, 0.25) is 0 Å². The van der Waals surface area contributed by atoms with Crippen LogP contribution in [0.3, 0.4) is 0 Å². The average molecular weight is 588 g/mol. The molecule has 1 aromatic heterocycles. The third kappa shape index (κ3) is 4.43. The van der Waals surface area contributed by atoms with Crippen molar-refractivity contribution in [3.8, 4) is 22.3 Å². The second kappa shape index (κ2) is 10.8. The summed E-state index contributed by atoms with van der Waals surface area (Å²) in [6.07, 6.45) is 0. The lowest BCUT2D eigenvalue weighted by Crippen LogP contribution is -2.10. The Bertz CT molecular complexity index is 2510. The molecule has 0 saturated carbocycles. The molecule has 0 amide bonds. The molecule has 0 radical (unpaired) electrons. The zero-order valence-electron chi connectivity index (χ0n) is 25.1. The summed E-state index contributed by atoms with van der Waals surface area (Å²) in [7, 11) is 0. The van der Waals surface area contributed by atoms with Gasteiger partial charge in [-0.2, -0.15) is 0 Å². The summed E-state index contributed by atoms with van der Waals surface area (Å²) in [5, 5.41) is 7.14. The molecule has 46 heavy (non-hydrogen) atoms. The monoisotopic (exact) mass is 587 g/mol. The van der Waals surface area contributed by atoms with Gasteiger partial charge in [0.05, 0.1) is 5.69 Å². The van der Waals surface area contributed by atoms with E-state index in [1.165, 1.54) is 43.8 Å². The molecule has 0 spiro atoms. The highest BCUT2D eigenvalue weighted by atomic mass is 16.3. The zero-order valence-corrected chi connectivity index (χ0v) is 25.1. The summed E-state index contributed by atoms with van der Waals surface area (Å²) < 4.78 is 6.49. The van der Waals surface area contributed by atoms with Crippen LogP contribution in [0.5, 0.6) is 0 Å². The molecule has 2 heteroatoms. The third-order valence-electron chi connectivity index (χ3n) is 9.04. The van der Waals surface area contributed by atoms with Crippen LogP contribution in [0.25, 0.3) is 65.7 Å². The van der Waals surface area contributed by atoms with E-state index in [9.17, 15) is 0 Å². The summed E-state index contributed by atoms with van der Waals surface area (Å²) in [6, 6.07) is 62.7. The summed E-state index contributed by atoms with van der Waals surface area (Å²) in [5.41, 5.74) is 9.81. The first-order chi connectivity index (χ1) is 22.8. The van der Waals surface area contributed by atoms with Crippen LogP contribution in [-0.4, -0.2) is 0 Å². The molecule has 216 valence electrons. The van der Waals surface area contributed by atoms with E-state index in [2.05, 4.69) is 175 Å². The number of fused-ring (bicyclic) bond motifs is 6. The predicted molar refractivity (Wildman–Crippen MR) is 194 cm³/mol. The smallest absolute Gasteiger partial charge is 0.138 e. The Labute approximate surface area is 267 Å². The SMILES string of the molecule is c1ccc(-c2ccc(N(c3ccc(-c4ccc5ccccc5c4)cc3)c3cc4oc5ccccc5c4c4ccccc34)cc2)cc1. The minimum absolute atomic E-state index is 0.883. The zero-order chi connectivity index (χ0) is 30.5. The molecular formula is C44H29NO. The molecule has 0 aliphatic heterocycles. The molecule has 9 aromatic rings. The van der Waals surface area contributed by atoms with E-state index in [-0.39, 0.29) is 0 Å². The van der Waals surface area contributed by atoms with E-state index in [4.69, 9.17) is 4.42 Å². The van der Waals surface area contributed by atoms with Crippen LogP contribution in [-0.2, 0) is 0 Å². The minimum atomic E-state index is 0.883. The summed E-state index contributed by atoms with van der Waals surface area (Å²) in [5.74, 6) is 0. The molecule has 2 nitrogen and oxygen atoms in total. The molecule has 0 bridgehead atoms. The second-order valence-electron chi connectivity index (χ2n) is 11.8. The van der Waals surface area contributed by atoms with Crippen molar-refractivity contribution < 1.29 is 4.42 Å². The molecule has 0 fully saturated rings. The standard InChI is InChI=1S/C44H29NO/c1-2-10-30(11-3-1)32-20-24-36(25-21-32)45(37-26-22-33(23-27-37)35-19-18-31-12-4-5-13-34(31)28-35)41-29-43-44(39-15-7-6-14-38(39)41)40-16-8-9-17-42(40)46-43/h1-29H. The summed E-state index contributed by atoms with van der Waals surface area (Å²) in [6.45, 7) is 0. The van der Waals surface area contributed by atoms with Crippen molar-refractivity contribution in [2.75, 3.05) is 4.90 Å². The number of anilines is 3. The van der Waals surface area contributed by atoms with Crippen LogP contribution in [0.15, 0.2) is 180 Å². The number of furan rings is 1. The first-order valence-electron chi connectivity index (χ1n) is 15.7. The summed E-state index contributed by atoms with van der Waals surface area (Å²) in [4.78, 5) is 2.36. The van der Waals surface area contributed by atoms with E-state index < -0.39 is 0 Å². The number of benzene rings is 8. The van der Waals surface area contributed by atoms with Gasteiger partial charge in [-0.15, -0.1) is 0 Å². The van der Waals surface area contributed by atoms with Crippen LogP contribution in [0, 0.1) is 0 Å². The van der Waals surface area contributed by atoms with Crippen LogP contribution in [0.4, 0.5) is 17.1 Å². The lowest BCUT2D eigenvalue weighted by Gasteiger charge is -2.27. The van der Waals surface area contributed by atoms with E-state index in [0.29, 0.717) is 0 Å². The van der Waals surface area contributed by atoms with Crippen LogP contribution < -0.4 is 4.90 Å². The third-order valence-corrected chi connectivity index (χ3v) is 9.04. The van der Waals surface area contributed by atoms with Crippen molar-refractivity contribution >= 4 is 60.5 Å². The molecule has 0 saturated heterocycles. The maximum absolute atomic E-state index is 6.49. The topological polar surface area (TPSA) is 16.4 Å². The Morgan fingerprint density at radius 1 is 0.348 bits per heavy atom. The molecule has 0 N–H and O–H groups in total. The minimum Gasteiger partial charge on any atom is -0.456 e. The van der Waals surface area contributed by atoms with Crippen molar-refractivity contribution in [1.82, 2.24) is 0 Å². The van der Waals surface area contributed by atoms with Crippen molar-refractivity contribution in [2.45, 2.75) is 0 Å². The normalized spacial score (nSPS) is 11.5. The highest BCUT2D eigenvalue weighted by molar-refractivity contribution is 6.22. The van der Waals surface area contributed by atoms with Crippen LogP contribution in [0.2, 0.25) is 0 Å². The highest BCUT2D eigenvalue weighted by Gasteiger charge is 2.20. The molecule has 0 aliphatic rings. The molecular weight excluding hydrogens is 558 g/mol. The first-order valence-corrected chi connectivity index (χ1v) is 15.7. The molecule has 0 aliphatic carbocycles. The largest absolute Gasteiger partial charge is 0.456 e. The molecule has 0 atom stereocenters. The maximum atomic E-state index is 6.49. The van der Waals surface area contributed by atoms with E-state index in [1.807, 2.05) is 6.07 Å². The average Bonchev–Trinajstić information content (AvgIpc) is 3.51. The number of nitrogens with zero attached hydrogens (tertiary/aromatic N) is 1. The molecule has 0 unspecified atom stereocenters. The lowest BCUT2D eigenvalue weighted by atomic mass is 9.99. The predicted octanol–water partition coefficient (Wildman–Crippen LogP) is 12.7. The Hall–Kier alpha value is -6.12. The fourth-order valence-electron chi connectivity index (χ4n) is 6.79. The first kappa shape index (κ1) is 26.3. The van der Waals surface area contributed by atoms with Gasteiger partial charge in [0.15, 0.2) is 0 Å². The Kier molecular flexibility index (Phi) is 6.17. The van der Waals surface area contributed by atoms with Gasteiger partial charge in [-0.3, -0.25) is 0 Å². The number of hydrogen-bond acceptors (Lipinski definition) is 2.